The molecule has 0 aliphatic carbocycles. The quantitative estimate of drug-likeness (QED) is 0.390. The average molecular weight is 332 g/mol. The molecule has 26 heavy (non-hydrogen) atoms. The second-order valence-corrected chi connectivity index (χ2v) is 6.86. The van der Waals surface area contributed by atoms with Gasteiger partial charge in [0, 0.05) is 21.5 Å². The third kappa shape index (κ3) is 1.52. The van der Waals surface area contributed by atoms with Gasteiger partial charge in [0.2, 0.25) is 0 Å². The van der Waals surface area contributed by atoms with Crippen LogP contribution in [0.25, 0.3) is 53.9 Å². The van der Waals surface area contributed by atoms with Crippen LogP contribution in [-0.4, -0.2) is 0 Å². The minimum atomic E-state index is -0.0434. The van der Waals surface area contributed by atoms with Crippen molar-refractivity contribution in [2.24, 2.45) is 0 Å². The number of benzene rings is 4. The fourth-order valence-corrected chi connectivity index (χ4v) is 4.36. The number of fused-ring (bicyclic) bond motifs is 8. The van der Waals surface area contributed by atoms with Crippen molar-refractivity contribution in [1.82, 2.24) is 0 Å². The lowest BCUT2D eigenvalue weighted by molar-refractivity contribution is 1.79. The van der Waals surface area contributed by atoms with Crippen molar-refractivity contribution in [1.29, 1.82) is 0 Å². The Labute approximate surface area is 147 Å². The molecule has 0 N–H and O–H groups in total. The van der Waals surface area contributed by atoms with Gasteiger partial charge in [-0.1, -0.05) is 60.7 Å². The lowest BCUT2D eigenvalue weighted by Crippen LogP contribution is -2.00. The fourth-order valence-electron chi connectivity index (χ4n) is 4.36. The maximum absolute atomic E-state index is 13.2. The van der Waals surface area contributed by atoms with Crippen LogP contribution in [-0.2, 0) is 0 Å². The Morgan fingerprint density at radius 3 is 1.62 bits per heavy atom. The molecule has 0 radical (unpaired) electrons. The van der Waals surface area contributed by atoms with E-state index in [9.17, 15) is 9.59 Å². The molecule has 6 aromatic rings. The van der Waals surface area contributed by atoms with E-state index in [4.69, 9.17) is 0 Å². The molecule has 0 spiro atoms. The molecular weight excluding hydrogens is 320 g/mol. The third-order valence-corrected chi connectivity index (χ3v) is 5.54. The summed E-state index contributed by atoms with van der Waals surface area (Å²) in [5, 5.41) is 8.23. The van der Waals surface area contributed by atoms with Crippen LogP contribution in [0.3, 0.4) is 0 Å². The van der Waals surface area contributed by atoms with E-state index in [1.165, 1.54) is 0 Å². The van der Waals surface area contributed by atoms with Crippen molar-refractivity contribution < 1.29 is 0 Å². The Bertz CT molecular complexity index is 1610. The zero-order chi connectivity index (χ0) is 17.4. The van der Waals surface area contributed by atoms with Gasteiger partial charge in [0.15, 0.2) is 10.9 Å². The molecule has 0 heterocycles. The third-order valence-electron chi connectivity index (χ3n) is 5.54. The van der Waals surface area contributed by atoms with Crippen molar-refractivity contribution in [2.45, 2.75) is 0 Å². The van der Waals surface area contributed by atoms with Crippen LogP contribution in [0.15, 0.2) is 82.4 Å². The SMILES string of the molecule is O=c1c2ccccc2c2ccc3c4cc5ccccc5cc4c(=O)c3c12. The summed E-state index contributed by atoms with van der Waals surface area (Å²) in [5.74, 6) is 0. The van der Waals surface area contributed by atoms with E-state index >= 15 is 0 Å². The van der Waals surface area contributed by atoms with E-state index in [1.54, 1.807) is 0 Å². The summed E-state index contributed by atoms with van der Waals surface area (Å²) in [6.07, 6.45) is 0. The predicted octanol–water partition coefficient (Wildman–Crippen LogP) is 5.05. The summed E-state index contributed by atoms with van der Waals surface area (Å²) < 4.78 is 0. The Hall–Kier alpha value is -3.52. The summed E-state index contributed by atoms with van der Waals surface area (Å²) >= 11 is 0. The van der Waals surface area contributed by atoms with Gasteiger partial charge in [-0.3, -0.25) is 9.59 Å². The molecule has 2 heteroatoms. The molecule has 0 unspecified atom stereocenters. The molecule has 0 aliphatic heterocycles. The van der Waals surface area contributed by atoms with Crippen molar-refractivity contribution >= 4 is 53.9 Å². The highest BCUT2D eigenvalue weighted by molar-refractivity contribution is 6.27. The summed E-state index contributed by atoms with van der Waals surface area (Å²) in [6.45, 7) is 0. The van der Waals surface area contributed by atoms with Crippen molar-refractivity contribution in [2.75, 3.05) is 0 Å². The van der Waals surface area contributed by atoms with Crippen molar-refractivity contribution in [3.05, 3.63) is 93.2 Å². The minimum Gasteiger partial charge on any atom is -0.289 e. The molecule has 2 nitrogen and oxygen atoms in total. The minimum absolute atomic E-state index is 0.0428. The van der Waals surface area contributed by atoms with Gasteiger partial charge in [-0.25, -0.2) is 0 Å². The summed E-state index contributed by atoms with van der Waals surface area (Å²) in [5.41, 5.74) is -0.0862. The van der Waals surface area contributed by atoms with Crippen molar-refractivity contribution in [3.63, 3.8) is 0 Å². The molecule has 0 amide bonds. The second-order valence-electron chi connectivity index (χ2n) is 6.86. The molecule has 0 saturated carbocycles. The standard InChI is InChI=1S/C24H12O2/c25-23-18-8-4-3-7-15(18)16-9-10-17-19-11-13-5-1-2-6-14(13)12-20(19)24(26)22(17)21(16)23/h1-12H. The van der Waals surface area contributed by atoms with E-state index in [0.717, 1.165) is 32.3 Å². The highest BCUT2D eigenvalue weighted by atomic mass is 16.1. The van der Waals surface area contributed by atoms with Crippen LogP contribution in [0, 0.1) is 0 Å². The molecule has 120 valence electrons. The zero-order valence-corrected chi connectivity index (χ0v) is 13.7. The fraction of sp³-hybridized carbons (Fsp3) is 0. The maximum atomic E-state index is 13.2. The smallest absolute Gasteiger partial charge is 0.195 e. The summed E-state index contributed by atoms with van der Waals surface area (Å²) in [6, 6.07) is 23.6. The molecule has 0 bridgehead atoms. The lowest BCUT2D eigenvalue weighted by Gasteiger charge is -1.98. The van der Waals surface area contributed by atoms with Crippen LogP contribution in [0.4, 0.5) is 0 Å². The van der Waals surface area contributed by atoms with Crippen LogP contribution < -0.4 is 10.9 Å². The molecular formula is C24H12O2. The maximum Gasteiger partial charge on any atom is 0.195 e. The highest BCUT2D eigenvalue weighted by Crippen LogP contribution is 2.34. The zero-order valence-electron chi connectivity index (χ0n) is 13.7. The first-order chi connectivity index (χ1) is 12.7. The Balaban J connectivity index is 1.96. The molecule has 0 aromatic heterocycles. The highest BCUT2D eigenvalue weighted by Gasteiger charge is 2.18. The Morgan fingerprint density at radius 1 is 0.423 bits per heavy atom. The van der Waals surface area contributed by atoms with Gasteiger partial charge in [-0.05, 0) is 44.5 Å². The molecule has 0 aliphatic rings. The van der Waals surface area contributed by atoms with E-state index in [-0.39, 0.29) is 10.9 Å². The van der Waals surface area contributed by atoms with E-state index in [2.05, 4.69) is 6.07 Å². The first kappa shape index (κ1) is 13.7. The van der Waals surface area contributed by atoms with Gasteiger partial charge in [0.1, 0.15) is 0 Å². The van der Waals surface area contributed by atoms with Gasteiger partial charge >= 0.3 is 0 Å². The predicted molar refractivity (Wildman–Crippen MR) is 109 cm³/mol. The van der Waals surface area contributed by atoms with E-state index in [1.807, 2.05) is 66.7 Å². The monoisotopic (exact) mass is 332 g/mol. The van der Waals surface area contributed by atoms with Gasteiger partial charge < -0.3 is 0 Å². The molecule has 6 rings (SSSR count). The average Bonchev–Trinajstić information content (AvgIpc) is 3.13. The van der Waals surface area contributed by atoms with E-state index in [0.29, 0.717) is 21.5 Å². The van der Waals surface area contributed by atoms with Crippen LogP contribution >= 0.6 is 0 Å². The van der Waals surface area contributed by atoms with Crippen LogP contribution in [0.5, 0.6) is 0 Å². The first-order valence-electron chi connectivity index (χ1n) is 8.63. The van der Waals surface area contributed by atoms with Gasteiger partial charge in [-0.15, -0.1) is 0 Å². The summed E-state index contributed by atoms with van der Waals surface area (Å²) in [7, 11) is 0. The number of hydrogen-bond acceptors (Lipinski definition) is 2. The van der Waals surface area contributed by atoms with Gasteiger partial charge in [0.25, 0.3) is 0 Å². The topological polar surface area (TPSA) is 34.1 Å². The molecule has 0 saturated heterocycles. The first-order valence-corrected chi connectivity index (χ1v) is 8.63. The Kier molecular flexibility index (Phi) is 2.41. The van der Waals surface area contributed by atoms with Crippen molar-refractivity contribution in [3.8, 4) is 0 Å². The lowest BCUT2D eigenvalue weighted by atomic mass is 10.0. The number of rotatable bonds is 0. The second kappa shape index (κ2) is 4.55. The molecule has 0 atom stereocenters. The van der Waals surface area contributed by atoms with Gasteiger partial charge in [-0.2, -0.15) is 0 Å². The number of hydrogen-bond donors (Lipinski definition) is 0. The van der Waals surface area contributed by atoms with Crippen LogP contribution in [0.2, 0.25) is 0 Å². The summed E-state index contributed by atoms with van der Waals surface area (Å²) in [4.78, 5) is 26.3. The molecule has 6 aromatic carbocycles. The largest absolute Gasteiger partial charge is 0.289 e. The van der Waals surface area contributed by atoms with E-state index < -0.39 is 0 Å². The van der Waals surface area contributed by atoms with Gasteiger partial charge in [0.05, 0.1) is 0 Å². The normalized spacial score (nSPS) is 12.2. The van der Waals surface area contributed by atoms with Crippen LogP contribution in [0.1, 0.15) is 0 Å². The molecule has 0 fully saturated rings. The Morgan fingerprint density at radius 2 is 0.923 bits per heavy atom.